The number of hydrogen-bond donors (Lipinski definition) is 0. The molecule has 1 saturated heterocycles. The lowest BCUT2D eigenvalue weighted by atomic mass is 9.81. The third-order valence-corrected chi connectivity index (χ3v) is 5.04. The third kappa shape index (κ3) is 4.08. The van der Waals surface area contributed by atoms with E-state index < -0.39 is 0 Å². The van der Waals surface area contributed by atoms with Gasteiger partial charge in [-0.2, -0.15) is 0 Å². The van der Waals surface area contributed by atoms with E-state index in [-0.39, 0.29) is 18.1 Å². The van der Waals surface area contributed by atoms with Crippen molar-refractivity contribution in [3.8, 4) is 0 Å². The molecule has 1 aromatic heterocycles. The predicted molar refractivity (Wildman–Crippen MR) is 91.9 cm³/mol. The van der Waals surface area contributed by atoms with Gasteiger partial charge in [0.15, 0.2) is 0 Å². The number of ether oxygens (including phenoxy) is 2. The number of likely N-dealkylation sites (tertiary alicyclic amines) is 1. The molecule has 3 rings (SSSR count). The minimum absolute atomic E-state index is 0.0153. The lowest BCUT2D eigenvalue weighted by Gasteiger charge is -2.40. The van der Waals surface area contributed by atoms with Gasteiger partial charge in [-0.3, -0.25) is 9.78 Å². The van der Waals surface area contributed by atoms with Crippen LogP contribution in [0.1, 0.15) is 37.3 Å². The molecule has 24 heavy (non-hydrogen) atoms. The Morgan fingerprint density at radius 3 is 2.92 bits per heavy atom. The second-order valence-electron chi connectivity index (χ2n) is 6.39. The summed E-state index contributed by atoms with van der Waals surface area (Å²) >= 11 is 5.94. The molecule has 2 aliphatic rings. The van der Waals surface area contributed by atoms with Crippen LogP contribution in [0.5, 0.6) is 0 Å². The predicted octanol–water partition coefficient (Wildman–Crippen LogP) is 2.84. The smallest absolute Gasteiger partial charge is 0.222 e. The number of halogens is 1. The molecule has 5 nitrogen and oxygen atoms in total. The fraction of sp³-hybridized carbons (Fsp3) is 0.611. The van der Waals surface area contributed by atoms with Crippen LogP contribution in [0.4, 0.5) is 0 Å². The van der Waals surface area contributed by atoms with Crippen LogP contribution < -0.4 is 0 Å². The molecule has 0 N–H and O–H groups in total. The van der Waals surface area contributed by atoms with Gasteiger partial charge in [-0.1, -0.05) is 11.6 Å². The van der Waals surface area contributed by atoms with Crippen molar-refractivity contribution in [2.24, 2.45) is 0 Å². The highest BCUT2D eigenvalue weighted by Gasteiger charge is 2.39. The van der Waals surface area contributed by atoms with Gasteiger partial charge in [-0.05, 0) is 37.8 Å². The summed E-state index contributed by atoms with van der Waals surface area (Å²) in [5.74, 6) is 0.531. The number of aromatic nitrogens is 1. The molecule has 2 fully saturated rings. The van der Waals surface area contributed by atoms with Gasteiger partial charge in [-0.25, -0.2) is 0 Å². The fourth-order valence-corrected chi connectivity index (χ4v) is 3.72. The maximum absolute atomic E-state index is 12.1. The number of nitrogens with zero attached hydrogens (tertiary/aromatic N) is 2. The zero-order valence-corrected chi connectivity index (χ0v) is 14.7. The Bertz CT molecular complexity index is 552. The molecule has 1 radical (unpaired) electrons. The highest BCUT2D eigenvalue weighted by molar-refractivity contribution is 6.30. The molecule has 6 heteroatoms. The van der Waals surface area contributed by atoms with Crippen LogP contribution in [0.25, 0.3) is 0 Å². The summed E-state index contributed by atoms with van der Waals surface area (Å²) in [6, 6.07) is 3.91. The number of rotatable bonds is 6. The normalized spacial score (nSPS) is 27.7. The van der Waals surface area contributed by atoms with Crippen molar-refractivity contribution < 1.29 is 14.3 Å². The highest BCUT2D eigenvalue weighted by atomic mass is 35.5. The van der Waals surface area contributed by atoms with Crippen molar-refractivity contribution in [2.75, 3.05) is 26.9 Å². The number of amides is 1. The molecule has 3 unspecified atom stereocenters. The van der Waals surface area contributed by atoms with E-state index in [0.717, 1.165) is 31.5 Å². The first-order valence-corrected chi connectivity index (χ1v) is 8.91. The topological polar surface area (TPSA) is 51.7 Å². The Morgan fingerprint density at radius 2 is 2.25 bits per heavy atom. The first kappa shape index (κ1) is 17.6. The molecule has 0 aromatic carbocycles. The fourth-order valence-electron chi connectivity index (χ4n) is 3.60. The molecule has 2 heterocycles. The van der Waals surface area contributed by atoms with Gasteiger partial charge in [0, 0.05) is 37.9 Å². The first-order valence-electron chi connectivity index (χ1n) is 8.54. The summed E-state index contributed by atoms with van der Waals surface area (Å²) in [5.41, 5.74) is 1.03. The molecule has 0 bridgehead atoms. The molecular formula is C18H24ClN2O3. The van der Waals surface area contributed by atoms with Crippen molar-refractivity contribution in [3.63, 3.8) is 0 Å². The van der Waals surface area contributed by atoms with E-state index in [4.69, 9.17) is 21.1 Å². The molecule has 131 valence electrons. The van der Waals surface area contributed by atoms with Crippen molar-refractivity contribution >= 4 is 17.5 Å². The van der Waals surface area contributed by atoms with Gasteiger partial charge in [0.05, 0.1) is 30.4 Å². The van der Waals surface area contributed by atoms with Gasteiger partial charge >= 0.3 is 0 Å². The van der Waals surface area contributed by atoms with Crippen LogP contribution in [0, 0.1) is 6.42 Å². The summed E-state index contributed by atoms with van der Waals surface area (Å²) in [7, 11) is 1.66. The second kappa shape index (κ2) is 8.28. The quantitative estimate of drug-likeness (QED) is 0.739. The molecule has 1 amide bonds. The molecule has 0 spiro atoms. The summed E-state index contributed by atoms with van der Waals surface area (Å²) in [6.45, 7) is 1.92. The van der Waals surface area contributed by atoms with E-state index in [2.05, 4.69) is 11.4 Å². The second-order valence-corrected chi connectivity index (χ2v) is 6.83. The minimum Gasteiger partial charge on any atom is -0.382 e. The van der Waals surface area contributed by atoms with Gasteiger partial charge in [0.25, 0.3) is 0 Å². The number of pyridine rings is 1. The largest absolute Gasteiger partial charge is 0.382 e. The maximum Gasteiger partial charge on any atom is 0.222 e. The van der Waals surface area contributed by atoms with Gasteiger partial charge in [0.1, 0.15) is 0 Å². The first-order chi connectivity index (χ1) is 11.7. The molecule has 3 atom stereocenters. The van der Waals surface area contributed by atoms with Gasteiger partial charge in [-0.15, -0.1) is 0 Å². The zero-order chi connectivity index (χ0) is 16.9. The molecule has 1 aliphatic heterocycles. The Morgan fingerprint density at radius 1 is 1.38 bits per heavy atom. The number of methoxy groups -OCH3 is 1. The monoisotopic (exact) mass is 351 g/mol. The van der Waals surface area contributed by atoms with Gasteiger partial charge in [0.2, 0.25) is 5.91 Å². The Labute approximate surface area is 148 Å². The standard InChI is InChI=1S/C18H24ClN2O3/c1-23-9-10-24-17-11-13(15-6-5-14(19)12-20-15)4-7-16(17)21-8-2-3-18(21)22/h5-7,12-13,16-17H,2-4,8-11H2,1H3. The average molecular weight is 352 g/mol. The average Bonchev–Trinajstić information content (AvgIpc) is 3.01. The van der Waals surface area contributed by atoms with Crippen molar-refractivity contribution in [1.82, 2.24) is 9.88 Å². The SMILES string of the molecule is COCCOC1CC(c2ccc(Cl)cn2)C[CH]C1N1CCCC1=O. The Kier molecular flexibility index (Phi) is 6.09. The lowest BCUT2D eigenvalue weighted by Crippen LogP contribution is -2.49. The number of hydrogen-bond acceptors (Lipinski definition) is 4. The van der Waals surface area contributed by atoms with E-state index in [1.54, 1.807) is 13.3 Å². The van der Waals surface area contributed by atoms with E-state index in [1.165, 1.54) is 0 Å². The van der Waals surface area contributed by atoms with E-state index in [1.807, 2.05) is 17.0 Å². The highest BCUT2D eigenvalue weighted by Crippen LogP contribution is 2.36. The van der Waals surface area contributed by atoms with Crippen LogP contribution in [0.2, 0.25) is 5.02 Å². The Hall–Kier alpha value is -1.17. The molecule has 1 aliphatic carbocycles. The van der Waals surface area contributed by atoms with E-state index >= 15 is 0 Å². The van der Waals surface area contributed by atoms with Gasteiger partial charge < -0.3 is 14.4 Å². The van der Waals surface area contributed by atoms with Crippen LogP contribution in [0.15, 0.2) is 18.3 Å². The maximum atomic E-state index is 12.1. The minimum atomic E-state index is -0.0153. The molecule has 1 aromatic rings. The van der Waals surface area contributed by atoms with Crippen LogP contribution in [0.3, 0.4) is 0 Å². The summed E-state index contributed by atoms with van der Waals surface area (Å²) in [6.07, 6.45) is 7.24. The van der Waals surface area contributed by atoms with Crippen molar-refractivity contribution in [1.29, 1.82) is 0 Å². The van der Waals surface area contributed by atoms with Crippen LogP contribution in [-0.2, 0) is 14.3 Å². The summed E-state index contributed by atoms with van der Waals surface area (Å²) in [4.78, 5) is 18.6. The van der Waals surface area contributed by atoms with E-state index in [9.17, 15) is 4.79 Å². The van der Waals surface area contributed by atoms with Crippen molar-refractivity contribution in [3.05, 3.63) is 35.5 Å². The molecular weight excluding hydrogens is 328 g/mol. The Balaban J connectivity index is 1.70. The van der Waals surface area contributed by atoms with E-state index in [0.29, 0.717) is 30.6 Å². The number of carbonyl (C=O) groups excluding carboxylic acids is 1. The molecule has 1 saturated carbocycles. The van der Waals surface area contributed by atoms with Crippen LogP contribution >= 0.6 is 11.6 Å². The third-order valence-electron chi connectivity index (χ3n) is 4.82. The van der Waals surface area contributed by atoms with Crippen molar-refractivity contribution in [2.45, 2.75) is 43.7 Å². The zero-order valence-electron chi connectivity index (χ0n) is 14.0. The van der Waals surface area contributed by atoms with Crippen LogP contribution in [-0.4, -0.2) is 54.8 Å². The number of carbonyl (C=O) groups is 1. The summed E-state index contributed by atoms with van der Waals surface area (Å²) < 4.78 is 11.2. The lowest BCUT2D eigenvalue weighted by molar-refractivity contribution is -0.133. The summed E-state index contributed by atoms with van der Waals surface area (Å²) in [5, 5.41) is 0.645.